The second kappa shape index (κ2) is 7.14. The molecule has 0 aromatic heterocycles. The molecular formula is C13H16BrN3O. The number of nitrogens with two attached hydrogens (primary N) is 1. The number of nitrogens with zero attached hydrogens (tertiary/aromatic N) is 1. The molecule has 3 N–H and O–H groups in total. The van der Waals surface area contributed by atoms with Crippen LogP contribution in [0.15, 0.2) is 22.7 Å². The first-order valence-corrected chi connectivity index (χ1v) is 6.64. The molecule has 0 spiro atoms. The summed E-state index contributed by atoms with van der Waals surface area (Å²) in [4.78, 5) is 11.8. The zero-order chi connectivity index (χ0) is 13.5. The van der Waals surface area contributed by atoms with Crippen molar-refractivity contribution in [2.75, 3.05) is 5.32 Å². The van der Waals surface area contributed by atoms with Gasteiger partial charge in [-0.25, -0.2) is 0 Å². The van der Waals surface area contributed by atoms with E-state index in [0.717, 1.165) is 12.8 Å². The molecule has 96 valence electrons. The fourth-order valence-electron chi connectivity index (χ4n) is 1.47. The highest BCUT2D eigenvalue weighted by Crippen LogP contribution is 2.21. The van der Waals surface area contributed by atoms with Crippen LogP contribution in [0.5, 0.6) is 0 Å². The number of carbonyl (C=O) groups excluding carboxylic acids is 1. The van der Waals surface area contributed by atoms with Crippen LogP contribution in [0.3, 0.4) is 0 Å². The van der Waals surface area contributed by atoms with Gasteiger partial charge in [0, 0.05) is 10.2 Å². The van der Waals surface area contributed by atoms with Crippen molar-refractivity contribution in [1.29, 1.82) is 5.26 Å². The van der Waals surface area contributed by atoms with Gasteiger partial charge >= 0.3 is 0 Å². The Bertz CT molecular complexity index is 468. The van der Waals surface area contributed by atoms with Crippen LogP contribution in [-0.2, 0) is 4.79 Å². The van der Waals surface area contributed by atoms with Crippen molar-refractivity contribution in [3.8, 4) is 6.07 Å². The number of benzene rings is 1. The zero-order valence-corrected chi connectivity index (χ0v) is 11.8. The van der Waals surface area contributed by atoms with Gasteiger partial charge in [0.25, 0.3) is 0 Å². The standard InChI is InChI=1S/C13H16BrN3O/c1-2-3-4-12(16)13(18)17-10-6-5-9(8-15)11(14)7-10/h5-7,12H,2-4,16H2,1H3,(H,17,18)/t12-/m0/s1. The second-order valence-electron chi connectivity index (χ2n) is 4.04. The third kappa shape index (κ3) is 4.13. The van der Waals surface area contributed by atoms with E-state index in [1.54, 1.807) is 18.2 Å². The fraction of sp³-hybridized carbons (Fsp3) is 0.385. The van der Waals surface area contributed by atoms with Crippen molar-refractivity contribution in [3.63, 3.8) is 0 Å². The second-order valence-corrected chi connectivity index (χ2v) is 4.90. The number of halogens is 1. The number of nitriles is 1. The van der Waals surface area contributed by atoms with E-state index >= 15 is 0 Å². The van der Waals surface area contributed by atoms with E-state index in [2.05, 4.69) is 28.2 Å². The Morgan fingerprint density at radius 2 is 2.33 bits per heavy atom. The highest BCUT2D eigenvalue weighted by molar-refractivity contribution is 9.10. The first kappa shape index (κ1) is 14.7. The van der Waals surface area contributed by atoms with Crippen molar-refractivity contribution in [2.45, 2.75) is 32.2 Å². The summed E-state index contributed by atoms with van der Waals surface area (Å²) >= 11 is 3.27. The van der Waals surface area contributed by atoms with Gasteiger partial charge in [-0.15, -0.1) is 0 Å². The number of amides is 1. The first-order chi connectivity index (χ1) is 8.58. The van der Waals surface area contributed by atoms with Crippen molar-refractivity contribution < 1.29 is 4.79 Å². The Morgan fingerprint density at radius 3 is 2.89 bits per heavy atom. The lowest BCUT2D eigenvalue weighted by atomic mass is 10.1. The predicted molar refractivity (Wildman–Crippen MR) is 75.0 cm³/mol. The van der Waals surface area contributed by atoms with E-state index in [0.29, 0.717) is 22.1 Å². The molecular weight excluding hydrogens is 294 g/mol. The maximum Gasteiger partial charge on any atom is 0.241 e. The van der Waals surface area contributed by atoms with Crippen LogP contribution in [0, 0.1) is 11.3 Å². The van der Waals surface area contributed by atoms with Gasteiger partial charge in [0.05, 0.1) is 11.6 Å². The molecule has 0 aliphatic carbocycles. The van der Waals surface area contributed by atoms with Crippen LogP contribution >= 0.6 is 15.9 Å². The summed E-state index contributed by atoms with van der Waals surface area (Å²) in [6.45, 7) is 2.06. The normalized spacial score (nSPS) is 11.7. The van der Waals surface area contributed by atoms with Gasteiger partial charge in [0.15, 0.2) is 0 Å². The van der Waals surface area contributed by atoms with E-state index in [9.17, 15) is 4.79 Å². The first-order valence-electron chi connectivity index (χ1n) is 5.84. The van der Waals surface area contributed by atoms with E-state index in [4.69, 9.17) is 11.0 Å². The Morgan fingerprint density at radius 1 is 1.61 bits per heavy atom. The quantitative estimate of drug-likeness (QED) is 0.877. The van der Waals surface area contributed by atoms with Crippen molar-refractivity contribution in [3.05, 3.63) is 28.2 Å². The maximum atomic E-state index is 11.8. The summed E-state index contributed by atoms with van der Waals surface area (Å²) in [5, 5.41) is 11.5. The summed E-state index contributed by atoms with van der Waals surface area (Å²) < 4.78 is 0.657. The molecule has 1 atom stereocenters. The third-order valence-corrected chi connectivity index (χ3v) is 3.22. The molecule has 0 heterocycles. The number of hydrogen-bond donors (Lipinski definition) is 2. The highest BCUT2D eigenvalue weighted by atomic mass is 79.9. The molecule has 1 aromatic carbocycles. The number of hydrogen-bond acceptors (Lipinski definition) is 3. The van der Waals surface area contributed by atoms with Crippen LogP contribution in [0.4, 0.5) is 5.69 Å². The van der Waals surface area contributed by atoms with Crippen molar-refractivity contribution in [1.82, 2.24) is 0 Å². The fourth-order valence-corrected chi connectivity index (χ4v) is 1.94. The molecule has 0 saturated heterocycles. The molecule has 5 heteroatoms. The molecule has 0 radical (unpaired) electrons. The van der Waals surface area contributed by atoms with E-state index in [-0.39, 0.29) is 5.91 Å². The van der Waals surface area contributed by atoms with Crippen molar-refractivity contribution in [2.24, 2.45) is 5.73 Å². The van der Waals surface area contributed by atoms with Crippen LogP contribution in [-0.4, -0.2) is 11.9 Å². The summed E-state index contributed by atoms with van der Waals surface area (Å²) in [7, 11) is 0. The predicted octanol–water partition coefficient (Wildman–Crippen LogP) is 2.78. The van der Waals surface area contributed by atoms with Crippen LogP contribution < -0.4 is 11.1 Å². The Kier molecular flexibility index (Phi) is 5.83. The minimum atomic E-state index is -0.487. The van der Waals surface area contributed by atoms with Gasteiger partial charge in [-0.2, -0.15) is 5.26 Å². The lowest BCUT2D eigenvalue weighted by molar-refractivity contribution is -0.117. The molecule has 0 unspecified atom stereocenters. The van der Waals surface area contributed by atoms with Gasteiger partial charge < -0.3 is 11.1 Å². The van der Waals surface area contributed by atoms with E-state index in [1.165, 1.54) is 0 Å². The number of nitrogens with one attached hydrogen (secondary N) is 1. The molecule has 0 fully saturated rings. The Hall–Kier alpha value is -1.38. The molecule has 1 aromatic rings. The molecule has 18 heavy (non-hydrogen) atoms. The largest absolute Gasteiger partial charge is 0.325 e. The number of anilines is 1. The highest BCUT2D eigenvalue weighted by Gasteiger charge is 2.13. The molecule has 1 rings (SSSR count). The Labute approximate surface area is 115 Å². The summed E-state index contributed by atoms with van der Waals surface area (Å²) in [5.41, 5.74) is 6.94. The average Bonchev–Trinajstić information content (AvgIpc) is 2.36. The van der Waals surface area contributed by atoms with Gasteiger partial charge in [-0.3, -0.25) is 4.79 Å². The molecule has 0 aliphatic heterocycles. The number of unbranched alkanes of at least 4 members (excludes halogenated alkanes) is 1. The summed E-state index contributed by atoms with van der Waals surface area (Å²) in [5.74, 6) is -0.194. The van der Waals surface area contributed by atoms with Crippen LogP contribution in [0.1, 0.15) is 31.7 Å². The van der Waals surface area contributed by atoms with Crippen LogP contribution in [0.2, 0.25) is 0 Å². The lowest BCUT2D eigenvalue weighted by Crippen LogP contribution is -2.35. The van der Waals surface area contributed by atoms with E-state index in [1.807, 2.05) is 6.07 Å². The Balaban J connectivity index is 2.65. The minimum Gasteiger partial charge on any atom is -0.325 e. The minimum absolute atomic E-state index is 0.194. The van der Waals surface area contributed by atoms with Gasteiger partial charge in [0.2, 0.25) is 5.91 Å². The maximum absolute atomic E-state index is 11.8. The molecule has 4 nitrogen and oxygen atoms in total. The summed E-state index contributed by atoms with van der Waals surface area (Å²) in [6, 6.07) is 6.59. The smallest absolute Gasteiger partial charge is 0.241 e. The topological polar surface area (TPSA) is 78.9 Å². The molecule has 0 aliphatic rings. The van der Waals surface area contributed by atoms with Gasteiger partial charge in [0.1, 0.15) is 6.07 Å². The molecule has 0 saturated carbocycles. The summed E-state index contributed by atoms with van der Waals surface area (Å²) in [6.07, 6.45) is 2.63. The number of rotatable bonds is 5. The van der Waals surface area contributed by atoms with Crippen LogP contribution in [0.25, 0.3) is 0 Å². The molecule has 0 bridgehead atoms. The third-order valence-electron chi connectivity index (χ3n) is 2.56. The van der Waals surface area contributed by atoms with Crippen molar-refractivity contribution >= 4 is 27.5 Å². The average molecular weight is 310 g/mol. The van der Waals surface area contributed by atoms with Gasteiger partial charge in [-0.1, -0.05) is 19.8 Å². The SMILES string of the molecule is CCCC[C@H](N)C(=O)Nc1ccc(C#N)c(Br)c1. The van der Waals surface area contributed by atoms with E-state index < -0.39 is 6.04 Å². The zero-order valence-electron chi connectivity index (χ0n) is 10.2. The monoisotopic (exact) mass is 309 g/mol. The number of carbonyl (C=O) groups is 1. The molecule has 1 amide bonds. The lowest BCUT2D eigenvalue weighted by Gasteiger charge is -2.12. The van der Waals surface area contributed by atoms with Gasteiger partial charge in [-0.05, 0) is 40.5 Å².